The highest BCUT2D eigenvalue weighted by atomic mass is 16.9. The van der Waals surface area contributed by atoms with Gasteiger partial charge < -0.3 is 33.5 Å². The van der Waals surface area contributed by atoms with Gasteiger partial charge in [-0.3, -0.25) is 4.90 Å². The van der Waals surface area contributed by atoms with Gasteiger partial charge in [0.2, 0.25) is 0 Å². The van der Waals surface area contributed by atoms with Gasteiger partial charge >= 0.3 is 5.97 Å². The quantitative estimate of drug-likeness (QED) is 0.464. The molecule has 3 aliphatic rings. The van der Waals surface area contributed by atoms with E-state index in [1.807, 2.05) is 88.4 Å². The summed E-state index contributed by atoms with van der Waals surface area (Å²) in [6, 6.07) is 19.0. The van der Waals surface area contributed by atoms with Gasteiger partial charge in [-0.15, -0.1) is 0 Å². The Balaban J connectivity index is 1.57. The zero-order valence-corrected chi connectivity index (χ0v) is 24.1. The first-order valence-corrected chi connectivity index (χ1v) is 14.0. The lowest BCUT2D eigenvalue weighted by molar-refractivity contribution is -0.255. The van der Waals surface area contributed by atoms with Crippen LogP contribution in [0.3, 0.4) is 0 Å². The number of carbonyl (C=O) groups is 1. The molecule has 2 aromatic carbocycles. The number of aliphatic hydroxyl groups is 1. The number of hydrogen-bond donors (Lipinski definition) is 1. The van der Waals surface area contributed by atoms with Crippen LogP contribution in [0, 0.1) is 0 Å². The van der Waals surface area contributed by atoms with Crippen molar-refractivity contribution >= 4 is 5.97 Å². The molecule has 2 aromatic rings. The molecule has 9 heteroatoms. The average Bonchev–Trinajstić information content (AvgIpc) is 3.38. The van der Waals surface area contributed by atoms with E-state index in [9.17, 15) is 9.90 Å². The Kier molecular flexibility index (Phi) is 8.37. The first kappa shape index (κ1) is 29.1. The number of ether oxygens (including phenoxy) is 6. The Bertz CT molecular complexity index is 1100. The number of hydrogen-bond acceptors (Lipinski definition) is 9. The molecule has 0 aromatic heterocycles. The molecular formula is C31H41NO8. The summed E-state index contributed by atoms with van der Waals surface area (Å²) in [6.45, 7) is 11.7. The number of esters is 1. The highest BCUT2D eigenvalue weighted by molar-refractivity contribution is 5.75. The van der Waals surface area contributed by atoms with E-state index in [1.165, 1.54) is 0 Å². The van der Waals surface area contributed by atoms with Gasteiger partial charge in [0.25, 0.3) is 0 Å². The van der Waals surface area contributed by atoms with Gasteiger partial charge in [-0.25, -0.2) is 4.79 Å². The minimum absolute atomic E-state index is 0.402. The van der Waals surface area contributed by atoms with Crippen molar-refractivity contribution in [3.63, 3.8) is 0 Å². The fourth-order valence-electron chi connectivity index (χ4n) is 5.85. The van der Waals surface area contributed by atoms with Gasteiger partial charge in [-0.05, 0) is 52.7 Å². The monoisotopic (exact) mass is 555 g/mol. The molecular weight excluding hydrogens is 514 g/mol. The Morgan fingerprint density at radius 2 is 1.32 bits per heavy atom. The van der Waals surface area contributed by atoms with Crippen LogP contribution < -0.4 is 0 Å². The van der Waals surface area contributed by atoms with Crippen LogP contribution in [0.15, 0.2) is 60.7 Å². The molecule has 7 atom stereocenters. The normalized spacial score (nSPS) is 30.1. The van der Waals surface area contributed by atoms with E-state index in [0.717, 1.165) is 11.1 Å². The second-order valence-corrected chi connectivity index (χ2v) is 11.9. The number of benzene rings is 2. The highest BCUT2D eigenvalue weighted by Crippen LogP contribution is 2.46. The molecule has 0 unspecified atom stereocenters. The fraction of sp³-hybridized carbons (Fsp3) is 0.581. The Labute approximate surface area is 236 Å². The van der Waals surface area contributed by atoms with Crippen LogP contribution >= 0.6 is 0 Å². The lowest BCUT2D eigenvalue weighted by Crippen LogP contribution is -2.65. The summed E-state index contributed by atoms with van der Waals surface area (Å²) < 4.78 is 37.2. The van der Waals surface area contributed by atoms with Crippen molar-refractivity contribution in [1.29, 1.82) is 0 Å². The second-order valence-electron chi connectivity index (χ2n) is 11.9. The van der Waals surface area contributed by atoms with Crippen LogP contribution in [0.25, 0.3) is 0 Å². The van der Waals surface area contributed by atoms with E-state index < -0.39 is 66.5 Å². The minimum Gasteiger partial charge on any atom is -0.461 e. The SMILES string of the molecule is CC(C)OC(=O)[C@H](O)[C@H]([C@H]1O[C@@H]2OC(C)(C)O[C@@H]2[C@H]2OC(C)(C)O[C@H]21)N(Cc1ccccc1)Cc1ccccc1. The molecule has 0 radical (unpaired) electrons. The maximum Gasteiger partial charge on any atom is 0.336 e. The van der Waals surface area contributed by atoms with Crippen molar-refractivity contribution in [3.8, 4) is 0 Å². The Morgan fingerprint density at radius 1 is 0.825 bits per heavy atom. The lowest BCUT2D eigenvalue weighted by atomic mass is 9.89. The molecule has 0 saturated carbocycles. The van der Waals surface area contributed by atoms with Gasteiger partial charge in [0.1, 0.15) is 24.4 Å². The predicted molar refractivity (Wildman–Crippen MR) is 146 cm³/mol. The molecule has 3 fully saturated rings. The van der Waals surface area contributed by atoms with Crippen molar-refractivity contribution < 1.29 is 38.3 Å². The van der Waals surface area contributed by atoms with Gasteiger partial charge in [0, 0.05) is 13.1 Å². The number of fused-ring (bicyclic) bond motifs is 3. The number of carbonyl (C=O) groups excluding carboxylic acids is 1. The van der Waals surface area contributed by atoms with Gasteiger partial charge in [-0.2, -0.15) is 0 Å². The van der Waals surface area contributed by atoms with Crippen LogP contribution in [0.2, 0.25) is 0 Å². The van der Waals surface area contributed by atoms with Crippen molar-refractivity contribution in [2.24, 2.45) is 0 Å². The summed E-state index contributed by atoms with van der Waals surface area (Å²) in [5.74, 6) is -2.56. The summed E-state index contributed by atoms with van der Waals surface area (Å²) in [4.78, 5) is 15.4. The molecule has 0 aliphatic carbocycles. The zero-order valence-electron chi connectivity index (χ0n) is 24.1. The summed E-state index contributed by atoms with van der Waals surface area (Å²) in [5.41, 5.74) is 2.03. The fourth-order valence-corrected chi connectivity index (χ4v) is 5.85. The van der Waals surface area contributed by atoms with E-state index >= 15 is 0 Å². The van der Waals surface area contributed by atoms with Crippen LogP contribution in [-0.4, -0.2) is 76.5 Å². The molecule has 0 amide bonds. The standard InChI is InChI=1S/C31H41NO8/c1-19(2)35-28(34)23(33)22(32(17-20-13-9-7-10-14-20)18-21-15-11-8-12-16-21)24-25-26(38-30(3,4)37-25)27-29(36-24)40-31(5,6)39-27/h7-16,19,22-27,29,33H,17-18H2,1-6H3/t22-,23-,24-,25+,26+,27-,29-/m1/s1. The first-order chi connectivity index (χ1) is 18.9. The maximum absolute atomic E-state index is 13.3. The summed E-state index contributed by atoms with van der Waals surface area (Å²) in [7, 11) is 0. The third kappa shape index (κ3) is 6.41. The summed E-state index contributed by atoms with van der Waals surface area (Å²) in [5, 5.41) is 11.7. The van der Waals surface area contributed by atoms with Crippen molar-refractivity contribution in [1.82, 2.24) is 4.90 Å². The van der Waals surface area contributed by atoms with Gasteiger partial charge in [-0.1, -0.05) is 60.7 Å². The van der Waals surface area contributed by atoms with Crippen LogP contribution in [0.1, 0.15) is 52.7 Å². The molecule has 3 saturated heterocycles. The Morgan fingerprint density at radius 3 is 1.88 bits per heavy atom. The molecule has 5 rings (SSSR count). The van der Waals surface area contributed by atoms with Crippen LogP contribution in [-0.2, 0) is 46.3 Å². The van der Waals surface area contributed by atoms with Crippen molar-refractivity contribution in [2.75, 3.05) is 0 Å². The van der Waals surface area contributed by atoms with E-state index in [2.05, 4.69) is 4.90 Å². The third-order valence-electron chi connectivity index (χ3n) is 7.32. The number of nitrogens with zero attached hydrogens (tertiary/aromatic N) is 1. The van der Waals surface area contributed by atoms with Gasteiger partial charge in [0.15, 0.2) is 24.0 Å². The van der Waals surface area contributed by atoms with Gasteiger partial charge in [0.05, 0.1) is 12.1 Å². The number of aliphatic hydroxyl groups excluding tert-OH is 1. The molecule has 3 heterocycles. The Hall–Kier alpha value is -2.37. The molecule has 0 spiro atoms. The van der Waals surface area contributed by atoms with Crippen LogP contribution in [0.4, 0.5) is 0 Å². The average molecular weight is 556 g/mol. The molecule has 9 nitrogen and oxygen atoms in total. The molecule has 40 heavy (non-hydrogen) atoms. The smallest absolute Gasteiger partial charge is 0.336 e. The van der Waals surface area contributed by atoms with E-state index in [4.69, 9.17) is 28.4 Å². The summed E-state index contributed by atoms with van der Waals surface area (Å²) in [6.07, 6.45) is -5.24. The van der Waals surface area contributed by atoms with Crippen LogP contribution in [0.5, 0.6) is 0 Å². The largest absolute Gasteiger partial charge is 0.461 e. The van der Waals surface area contributed by atoms with E-state index in [0.29, 0.717) is 13.1 Å². The highest BCUT2D eigenvalue weighted by Gasteiger charge is 2.63. The van der Waals surface area contributed by atoms with E-state index in [1.54, 1.807) is 13.8 Å². The molecule has 0 bridgehead atoms. The summed E-state index contributed by atoms with van der Waals surface area (Å²) >= 11 is 0. The third-order valence-corrected chi connectivity index (χ3v) is 7.32. The molecule has 1 N–H and O–H groups in total. The first-order valence-electron chi connectivity index (χ1n) is 14.0. The maximum atomic E-state index is 13.3. The molecule has 3 aliphatic heterocycles. The van der Waals surface area contributed by atoms with Crippen molar-refractivity contribution in [2.45, 2.75) is 115 Å². The topological polar surface area (TPSA) is 95.9 Å². The zero-order chi connectivity index (χ0) is 28.7. The number of rotatable bonds is 9. The molecule has 218 valence electrons. The lowest BCUT2D eigenvalue weighted by Gasteiger charge is -2.45. The van der Waals surface area contributed by atoms with Crippen molar-refractivity contribution in [3.05, 3.63) is 71.8 Å². The minimum atomic E-state index is -1.54. The predicted octanol–water partition coefficient (Wildman–Crippen LogP) is 3.77. The van der Waals surface area contributed by atoms with E-state index in [-0.39, 0.29) is 0 Å². The second kappa shape index (κ2) is 11.5.